The molecule has 0 aliphatic heterocycles. The van der Waals surface area contributed by atoms with Crippen LogP contribution in [0.15, 0.2) is 65.5 Å². The fourth-order valence-electron chi connectivity index (χ4n) is 3.59. The molecule has 0 atom stereocenters. The first kappa shape index (κ1) is 18.2. The van der Waals surface area contributed by atoms with E-state index in [9.17, 15) is 4.79 Å². The van der Waals surface area contributed by atoms with E-state index >= 15 is 0 Å². The van der Waals surface area contributed by atoms with Crippen LogP contribution in [0.4, 0.5) is 0 Å². The maximum atomic E-state index is 13.4. The topological polar surface area (TPSA) is 34.9 Å². The molecule has 0 fully saturated rings. The van der Waals surface area contributed by atoms with E-state index in [1.165, 1.54) is 0 Å². The largest absolute Gasteiger partial charge is 0.283 e. The van der Waals surface area contributed by atoms with Gasteiger partial charge < -0.3 is 0 Å². The smallest absolute Gasteiger partial charge is 0.263 e. The van der Waals surface area contributed by atoms with E-state index in [1.807, 2.05) is 50.2 Å². The second kappa shape index (κ2) is 7.46. The highest BCUT2D eigenvalue weighted by atomic mass is 32.1. The lowest BCUT2D eigenvalue weighted by atomic mass is 9.90. The van der Waals surface area contributed by atoms with Crippen molar-refractivity contribution in [2.75, 3.05) is 0 Å². The summed E-state index contributed by atoms with van der Waals surface area (Å²) in [7, 11) is 0. The highest BCUT2D eigenvalue weighted by Crippen LogP contribution is 2.33. The fourth-order valence-corrected chi connectivity index (χ4v) is 4.62. The van der Waals surface area contributed by atoms with E-state index in [4.69, 9.17) is 11.4 Å². The lowest BCUT2D eigenvalue weighted by molar-refractivity contribution is 0.685. The molecule has 0 bridgehead atoms. The first-order valence-electron chi connectivity index (χ1n) is 9.15. The number of aromatic nitrogens is 2. The van der Waals surface area contributed by atoms with Crippen LogP contribution in [0.25, 0.3) is 10.2 Å². The summed E-state index contributed by atoms with van der Waals surface area (Å²) in [5, 5.41) is 0.682. The monoisotopic (exact) mass is 384 g/mol. The van der Waals surface area contributed by atoms with Crippen molar-refractivity contribution in [3.8, 4) is 12.3 Å². The van der Waals surface area contributed by atoms with Crippen LogP contribution < -0.4 is 5.56 Å². The second-order valence-electron chi connectivity index (χ2n) is 6.78. The number of rotatable bonds is 4. The molecule has 4 aromatic rings. The Morgan fingerprint density at radius 3 is 2.14 bits per heavy atom. The molecule has 0 saturated carbocycles. The number of aryl methyl sites for hydroxylation is 2. The third-order valence-electron chi connectivity index (χ3n) is 5.09. The molecule has 28 heavy (non-hydrogen) atoms. The van der Waals surface area contributed by atoms with Gasteiger partial charge in [-0.3, -0.25) is 9.36 Å². The molecule has 2 heterocycles. The maximum absolute atomic E-state index is 13.4. The average molecular weight is 385 g/mol. The molecule has 2 aromatic heterocycles. The molecule has 0 N–H and O–H groups in total. The number of hydrogen-bond donors (Lipinski definition) is 0. The van der Waals surface area contributed by atoms with Crippen LogP contribution in [-0.2, 0) is 6.54 Å². The molecule has 0 aliphatic rings. The van der Waals surface area contributed by atoms with Crippen LogP contribution in [0.2, 0.25) is 0 Å². The van der Waals surface area contributed by atoms with E-state index in [0.29, 0.717) is 11.2 Å². The van der Waals surface area contributed by atoms with Crippen molar-refractivity contribution in [2.45, 2.75) is 26.3 Å². The molecule has 4 rings (SSSR count). The van der Waals surface area contributed by atoms with Gasteiger partial charge in [-0.1, -0.05) is 66.6 Å². The zero-order chi connectivity index (χ0) is 19.7. The van der Waals surface area contributed by atoms with Crippen molar-refractivity contribution in [1.82, 2.24) is 9.55 Å². The van der Waals surface area contributed by atoms with E-state index in [0.717, 1.165) is 26.4 Å². The van der Waals surface area contributed by atoms with Gasteiger partial charge in [0.2, 0.25) is 0 Å². The van der Waals surface area contributed by atoms with Crippen LogP contribution in [0.5, 0.6) is 0 Å². The van der Waals surface area contributed by atoms with Crippen LogP contribution in [-0.4, -0.2) is 9.55 Å². The molecule has 3 nitrogen and oxygen atoms in total. The summed E-state index contributed by atoms with van der Waals surface area (Å²) in [6.07, 6.45) is 5.63. The average Bonchev–Trinajstić information content (AvgIpc) is 3.00. The Hall–Kier alpha value is -3.16. The van der Waals surface area contributed by atoms with Crippen molar-refractivity contribution >= 4 is 21.6 Å². The summed E-state index contributed by atoms with van der Waals surface area (Å²) in [4.78, 5) is 20.2. The lowest BCUT2D eigenvalue weighted by Gasteiger charge is -2.21. The Labute approximate surface area is 168 Å². The fraction of sp³-hybridized carbons (Fsp3) is 0.167. The number of fused-ring (bicyclic) bond motifs is 1. The Balaban J connectivity index is 2.08. The molecule has 0 spiro atoms. The SMILES string of the molecule is C#CCn1c(C(c2ccccc2)c2ccccc2)nc2sc(C)c(C)c2c1=O. The van der Waals surface area contributed by atoms with Gasteiger partial charge in [-0.25, -0.2) is 4.98 Å². The Morgan fingerprint density at radius 2 is 1.61 bits per heavy atom. The maximum Gasteiger partial charge on any atom is 0.263 e. The molecule has 0 unspecified atom stereocenters. The summed E-state index contributed by atoms with van der Waals surface area (Å²) >= 11 is 1.57. The first-order valence-corrected chi connectivity index (χ1v) is 9.97. The molecule has 0 aliphatic carbocycles. The number of hydrogen-bond acceptors (Lipinski definition) is 3. The lowest BCUT2D eigenvalue weighted by Crippen LogP contribution is -2.27. The minimum atomic E-state index is -0.171. The normalized spacial score (nSPS) is 11.1. The Bertz CT molecular complexity index is 1190. The number of benzene rings is 2. The number of thiophene rings is 1. The van der Waals surface area contributed by atoms with Crippen molar-refractivity contribution in [3.63, 3.8) is 0 Å². The Kier molecular flexibility index (Phi) is 4.85. The highest BCUT2D eigenvalue weighted by Gasteiger charge is 2.25. The molecule has 0 saturated heterocycles. The van der Waals surface area contributed by atoms with Crippen LogP contribution in [0.1, 0.15) is 33.3 Å². The van der Waals surface area contributed by atoms with Gasteiger partial charge in [-0.15, -0.1) is 17.8 Å². The van der Waals surface area contributed by atoms with Gasteiger partial charge in [0.05, 0.1) is 17.8 Å². The van der Waals surface area contributed by atoms with Crippen molar-refractivity contribution in [2.24, 2.45) is 0 Å². The minimum Gasteiger partial charge on any atom is -0.283 e. The van der Waals surface area contributed by atoms with Gasteiger partial charge >= 0.3 is 0 Å². The van der Waals surface area contributed by atoms with Gasteiger partial charge in [-0.2, -0.15) is 0 Å². The summed E-state index contributed by atoms with van der Waals surface area (Å²) in [6.45, 7) is 4.20. The van der Waals surface area contributed by atoms with E-state index in [-0.39, 0.29) is 18.0 Å². The highest BCUT2D eigenvalue weighted by molar-refractivity contribution is 7.18. The number of nitrogens with zero attached hydrogens (tertiary/aromatic N) is 2. The van der Waals surface area contributed by atoms with Crippen molar-refractivity contribution in [3.05, 3.63) is 98.4 Å². The second-order valence-corrected chi connectivity index (χ2v) is 7.99. The van der Waals surface area contributed by atoms with Gasteiger partial charge in [0.15, 0.2) is 0 Å². The predicted octanol–water partition coefficient (Wildman–Crippen LogP) is 4.89. The standard InChI is InChI=1S/C24H20N2OS/c1-4-15-26-22(25-23-20(24(26)27)16(2)17(3)28-23)21(18-11-7-5-8-12-18)19-13-9-6-10-14-19/h1,5-14,21H,15H2,2-3H3. The van der Waals surface area contributed by atoms with Crippen molar-refractivity contribution in [1.29, 1.82) is 0 Å². The third kappa shape index (κ3) is 3.04. The summed E-state index contributed by atoms with van der Waals surface area (Å²) in [6, 6.07) is 20.3. The summed E-state index contributed by atoms with van der Waals surface area (Å²) in [5.41, 5.74) is 3.09. The Morgan fingerprint density at radius 1 is 1.04 bits per heavy atom. The van der Waals surface area contributed by atoms with Gasteiger partial charge in [-0.05, 0) is 30.5 Å². The third-order valence-corrected chi connectivity index (χ3v) is 6.19. The molecule has 0 radical (unpaired) electrons. The minimum absolute atomic E-state index is 0.0586. The number of terminal acetylenes is 1. The molecular formula is C24H20N2OS. The zero-order valence-corrected chi connectivity index (χ0v) is 16.7. The van der Waals surface area contributed by atoms with Crippen LogP contribution >= 0.6 is 11.3 Å². The summed E-state index contributed by atoms with van der Waals surface area (Å²) in [5.74, 6) is 3.16. The molecule has 0 amide bonds. The predicted molar refractivity (Wildman–Crippen MR) is 116 cm³/mol. The first-order chi connectivity index (χ1) is 13.6. The van der Waals surface area contributed by atoms with E-state index in [1.54, 1.807) is 15.9 Å². The van der Waals surface area contributed by atoms with Crippen molar-refractivity contribution < 1.29 is 0 Å². The van der Waals surface area contributed by atoms with Gasteiger partial charge in [0, 0.05) is 4.88 Å². The summed E-state index contributed by atoms with van der Waals surface area (Å²) < 4.78 is 1.66. The molecule has 4 heteroatoms. The van der Waals surface area contributed by atoms with Gasteiger partial charge in [0.25, 0.3) is 5.56 Å². The molecule has 2 aromatic carbocycles. The van der Waals surface area contributed by atoms with Crippen LogP contribution in [0.3, 0.4) is 0 Å². The molecule has 138 valence electrons. The molecular weight excluding hydrogens is 364 g/mol. The van der Waals surface area contributed by atoms with Gasteiger partial charge in [0.1, 0.15) is 10.7 Å². The van der Waals surface area contributed by atoms with Crippen LogP contribution in [0, 0.1) is 26.2 Å². The quantitative estimate of drug-likeness (QED) is 0.470. The van der Waals surface area contributed by atoms with E-state index in [2.05, 4.69) is 30.2 Å². The zero-order valence-electron chi connectivity index (χ0n) is 15.8. The van der Waals surface area contributed by atoms with E-state index < -0.39 is 0 Å².